The lowest BCUT2D eigenvalue weighted by Gasteiger charge is -2.32. The number of carbonyl (C=O) groups is 1. The van der Waals surface area contributed by atoms with Gasteiger partial charge in [-0.3, -0.25) is 9.69 Å². The van der Waals surface area contributed by atoms with Crippen LogP contribution in [0.5, 0.6) is 0 Å². The van der Waals surface area contributed by atoms with Crippen LogP contribution in [-0.2, 0) is 4.79 Å². The minimum absolute atomic E-state index is 0.0409. The van der Waals surface area contributed by atoms with Crippen molar-refractivity contribution in [1.82, 2.24) is 9.80 Å². The van der Waals surface area contributed by atoms with Gasteiger partial charge in [0.25, 0.3) is 0 Å². The molecule has 1 saturated heterocycles. The summed E-state index contributed by atoms with van der Waals surface area (Å²) in [5.41, 5.74) is 1.57. The predicted octanol–water partition coefficient (Wildman–Crippen LogP) is 5.62. The third kappa shape index (κ3) is 6.04. The summed E-state index contributed by atoms with van der Waals surface area (Å²) in [4.78, 5) is 18.0. The van der Waals surface area contributed by atoms with Gasteiger partial charge in [-0.25, -0.2) is 4.39 Å². The highest BCUT2D eigenvalue weighted by atomic mass is 19.1. The fourth-order valence-corrected chi connectivity index (χ4v) is 4.27. The third-order valence-corrected chi connectivity index (χ3v) is 6.54. The molecule has 0 bridgehead atoms. The highest BCUT2D eigenvalue weighted by Crippen LogP contribution is 2.38. The first-order valence-electron chi connectivity index (χ1n) is 11.4. The number of aryl methyl sites for hydroxylation is 1. The molecule has 0 saturated carbocycles. The van der Waals surface area contributed by atoms with Gasteiger partial charge in [0.15, 0.2) is 0 Å². The Hall–Kier alpha value is -1.42. The lowest BCUT2D eigenvalue weighted by molar-refractivity contribution is -0.135. The van der Waals surface area contributed by atoms with Crippen LogP contribution in [0.4, 0.5) is 4.39 Å². The molecule has 3 atom stereocenters. The molecule has 2 rings (SSSR count). The van der Waals surface area contributed by atoms with Crippen molar-refractivity contribution in [2.45, 2.75) is 79.2 Å². The van der Waals surface area contributed by atoms with Crippen LogP contribution in [0.2, 0.25) is 0 Å². The number of likely N-dealkylation sites (tertiary alicyclic amines) is 1. The minimum Gasteiger partial charge on any atom is -0.342 e. The Labute approximate surface area is 177 Å². The number of amides is 1. The molecule has 0 aliphatic carbocycles. The first kappa shape index (κ1) is 23.9. The van der Waals surface area contributed by atoms with Gasteiger partial charge >= 0.3 is 0 Å². The third-order valence-electron chi connectivity index (χ3n) is 6.54. The quantitative estimate of drug-likeness (QED) is 0.561. The maximum Gasteiger partial charge on any atom is 0.227 e. The monoisotopic (exact) mass is 404 g/mol. The molecule has 1 amide bonds. The Morgan fingerprint density at radius 2 is 1.93 bits per heavy atom. The number of carbonyl (C=O) groups excluding carboxylic acids is 1. The van der Waals surface area contributed by atoms with Crippen LogP contribution < -0.4 is 0 Å². The van der Waals surface area contributed by atoms with Gasteiger partial charge in [0.05, 0.1) is 5.92 Å². The van der Waals surface area contributed by atoms with Crippen molar-refractivity contribution in [2.24, 2.45) is 11.8 Å². The van der Waals surface area contributed by atoms with Gasteiger partial charge in [0.1, 0.15) is 5.82 Å². The molecular formula is C25H41FN2O. The zero-order valence-corrected chi connectivity index (χ0v) is 19.6. The summed E-state index contributed by atoms with van der Waals surface area (Å²) in [5, 5.41) is 0. The largest absolute Gasteiger partial charge is 0.342 e. The Balaban J connectivity index is 2.31. The van der Waals surface area contributed by atoms with E-state index in [1.54, 1.807) is 6.07 Å². The van der Waals surface area contributed by atoms with Crippen LogP contribution >= 0.6 is 0 Å². The summed E-state index contributed by atoms with van der Waals surface area (Å²) in [6, 6.07) is 5.46. The second-order valence-electron chi connectivity index (χ2n) is 9.94. The highest BCUT2D eigenvalue weighted by molar-refractivity contribution is 5.80. The summed E-state index contributed by atoms with van der Waals surface area (Å²) in [6.45, 7) is 18.0. The van der Waals surface area contributed by atoms with Crippen molar-refractivity contribution in [2.75, 3.05) is 26.2 Å². The highest BCUT2D eigenvalue weighted by Gasteiger charge is 2.44. The standard InChI is InChI=1S/C25H41FN2O/c1-8-13-27(14-12-18(3)9-2)24(29)22-17-28(25(5,6)7)16-21(22)20-11-10-19(4)15-23(20)26/h10-11,15,18,21-22H,8-9,12-14,16-17H2,1-7H3/t18?,21-,22?/m0/s1. The molecule has 2 unspecified atom stereocenters. The minimum atomic E-state index is -0.185. The van der Waals surface area contributed by atoms with Gasteiger partial charge in [-0.2, -0.15) is 0 Å². The zero-order valence-electron chi connectivity index (χ0n) is 19.6. The number of rotatable bonds is 8. The second kappa shape index (κ2) is 10.1. The molecule has 0 N–H and O–H groups in total. The second-order valence-corrected chi connectivity index (χ2v) is 9.94. The Morgan fingerprint density at radius 3 is 2.48 bits per heavy atom. The molecule has 4 heteroatoms. The van der Waals surface area contributed by atoms with Gasteiger partial charge in [0, 0.05) is 37.6 Å². The average Bonchev–Trinajstić information content (AvgIpc) is 3.09. The molecular weight excluding hydrogens is 363 g/mol. The van der Waals surface area contributed by atoms with Crippen LogP contribution in [0.1, 0.15) is 77.8 Å². The smallest absolute Gasteiger partial charge is 0.227 e. The van der Waals surface area contributed by atoms with Crippen LogP contribution in [0.15, 0.2) is 18.2 Å². The lowest BCUT2D eigenvalue weighted by atomic mass is 9.87. The van der Waals surface area contributed by atoms with E-state index in [4.69, 9.17) is 0 Å². The maximum atomic E-state index is 14.9. The molecule has 0 aromatic heterocycles. The van der Waals surface area contributed by atoms with Gasteiger partial charge in [-0.1, -0.05) is 39.3 Å². The molecule has 1 heterocycles. The lowest BCUT2D eigenvalue weighted by Crippen LogP contribution is -2.43. The SMILES string of the molecule is CCCN(CCC(C)CC)C(=O)C1CN(C(C)(C)C)C[C@H]1c1ccc(C)cc1F. The molecule has 3 nitrogen and oxygen atoms in total. The van der Waals surface area contributed by atoms with E-state index in [9.17, 15) is 9.18 Å². The van der Waals surface area contributed by atoms with Gasteiger partial charge in [0.2, 0.25) is 5.91 Å². The fourth-order valence-electron chi connectivity index (χ4n) is 4.27. The molecule has 29 heavy (non-hydrogen) atoms. The summed E-state index contributed by atoms with van der Waals surface area (Å²) in [7, 11) is 0. The molecule has 0 spiro atoms. The number of halogens is 1. The Morgan fingerprint density at radius 1 is 1.24 bits per heavy atom. The Kier molecular flexibility index (Phi) is 8.28. The molecule has 1 aliphatic heterocycles. The van der Waals surface area contributed by atoms with Gasteiger partial charge in [-0.05, 0) is 63.6 Å². The summed E-state index contributed by atoms with van der Waals surface area (Å²) in [6.07, 6.45) is 3.11. The molecule has 1 aromatic rings. The summed E-state index contributed by atoms with van der Waals surface area (Å²) in [5.74, 6) is 0.361. The average molecular weight is 405 g/mol. The van der Waals surface area contributed by atoms with Crippen molar-refractivity contribution >= 4 is 5.91 Å². The van der Waals surface area contributed by atoms with Crippen molar-refractivity contribution < 1.29 is 9.18 Å². The van der Waals surface area contributed by atoms with Crippen LogP contribution in [0, 0.1) is 24.6 Å². The van der Waals surface area contributed by atoms with E-state index in [1.807, 2.05) is 24.0 Å². The van der Waals surface area contributed by atoms with Crippen LogP contribution in [0.25, 0.3) is 0 Å². The first-order chi connectivity index (χ1) is 13.6. The molecule has 1 aromatic carbocycles. The van der Waals surface area contributed by atoms with E-state index in [0.717, 1.165) is 44.5 Å². The van der Waals surface area contributed by atoms with E-state index in [2.05, 4.69) is 46.4 Å². The number of nitrogens with zero attached hydrogens (tertiary/aromatic N) is 2. The van der Waals surface area contributed by atoms with E-state index >= 15 is 0 Å². The van der Waals surface area contributed by atoms with E-state index in [0.29, 0.717) is 18.0 Å². The van der Waals surface area contributed by atoms with Crippen molar-refractivity contribution in [1.29, 1.82) is 0 Å². The van der Waals surface area contributed by atoms with E-state index in [1.165, 1.54) is 0 Å². The van der Waals surface area contributed by atoms with Crippen LogP contribution in [0.3, 0.4) is 0 Å². The number of benzene rings is 1. The zero-order chi connectivity index (χ0) is 21.8. The summed E-state index contributed by atoms with van der Waals surface area (Å²) >= 11 is 0. The maximum absolute atomic E-state index is 14.9. The van der Waals surface area contributed by atoms with Crippen molar-refractivity contribution in [3.63, 3.8) is 0 Å². The molecule has 1 aliphatic rings. The molecule has 164 valence electrons. The molecule has 1 fully saturated rings. The normalized spacial score (nSPS) is 21.4. The van der Waals surface area contributed by atoms with Gasteiger partial charge < -0.3 is 4.90 Å². The predicted molar refractivity (Wildman–Crippen MR) is 120 cm³/mol. The topological polar surface area (TPSA) is 23.6 Å². The number of hydrogen-bond donors (Lipinski definition) is 0. The van der Waals surface area contributed by atoms with Crippen molar-refractivity contribution in [3.8, 4) is 0 Å². The Bertz CT molecular complexity index is 682. The van der Waals surface area contributed by atoms with Crippen molar-refractivity contribution in [3.05, 3.63) is 35.1 Å². The molecule has 0 radical (unpaired) electrons. The van der Waals surface area contributed by atoms with E-state index in [-0.39, 0.29) is 29.1 Å². The summed E-state index contributed by atoms with van der Waals surface area (Å²) < 4.78 is 14.9. The van der Waals surface area contributed by atoms with Gasteiger partial charge in [-0.15, -0.1) is 0 Å². The fraction of sp³-hybridized carbons (Fsp3) is 0.720. The van der Waals surface area contributed by atoms with Crippen LogP contribution in [-0.4, -0.2) is 47.4 Å². The first-order valence-corrected chi connectivity index (χ1v) is 11.4. The van der Waals surface area contributed by atoms with E-state index < -0.39 is 0 Å². The number of hydrogen-bond acceptors (Lipinski definition) is 2.